The van der Waals surface area contributed by atoms with Crippen LogP contribution in [0.25, 0.3) is 28.0 Å². The van der Waals surface area contributed by atoms with Crippen molar-refractivity contribution in [2.24, 2.45) is 0 Å². The van der Waals surface area contributed by atoms with Crippen LogP contribution in [0.5, 0.6) is 5.75 Å². The summed E-state index contributed by atoms with van der Waals surface area (Å²) in [5, 5.41) is 0.862. The van der Waals surface area contributed by atoms with Gasteiger partial charge in [-0.2, -0.15) is 8.42 Å². The molecule has 0 N–H and O–H groups in total. The Kier molecular flexibility index (Phi) is 4.68. The third-order valence-electron chi connectivity index (χ3n) is 4.20. The fourth-order valence-corrected chi connectivity index (χ4v) is 3.64. The molecule has 1 aromatic carbocycles. The van der Waals surface area contributed by atoms with Crippen molar-refractivity contribution >= 4 is 32.8 Å². The van der Waals surface area contributed by atoms with Gasteiger partial charge in [-0.15, -0.1) is 0 Å². The topological polar surface area (TPSA) is 91.4 Å². The summed E-state index contributed by atoms with van der Waals surface area (Å²) in [6.45, 7) is 1.77. The lowest BCUT2D eigenvalue weighted by atomic mass is 10.1. The summed E-state index contributed by atoms with van der Waals surface area (Å²) in [5.41, 5.74) is 0.864. The second-order valence-electron chi connectivity index (χ2n) is 6.41. The highest BCUT2D eigenvalue weighted by Crippen LogP contribution is 2.35. The first-order valence-electron chi connectivity index (χ1n) is 8.50. The molecule has 0 aliphatic carbocycles. The Bertz CT molecular complexity index is 1380. The number of pyridine rings is 2. The number of rotatable bonds is 4. The SMILES string of the molecule is Cc1ccc2c(OS(C)(=O)=O)c(-c3ccco3)c(=O)n(-c3ccc(Cl)cc3)c2n1. The van der Waals surface area contributed by atoms with Crippen LogP contribution in [0, 0.1) is 6.92 Å². The maximum atomic E-state index is 13.5. The summed E-state index contributed by atoms with van der Waals surface area (Å²) < 4.78 is 35.9. The second-order valence-corrected chi connectivity index (χ2v) is 8.42. The molecule has 0 aliphatic heterocycles. The van der Waals surface area contributed by atoms with Gasteiger partial charge in [-0.3, -0.25) is 9.36 Å². The summed E-state index contributed by atoms with van der Waals surface area (Å²) in [4.78, 5) is 18.0. The van der Waals surface area contributed by atoms with E-state index in [1.807, 2.05) is 0 Å². The van der Waals surface area contributed by atoms with Crippen molar-refractivity contribution in [3.63, 3.8) is 0 Å². The van der Waals surface area contributed by atoms with Crippen LogP contribution in [0.3, 0.4) is 0 Å². The summed E-state index contributed by atoms with van der Waals surface area (Å²) in [5.74, 6) is 0.0546. The fourth-order valence-electron chi connectivity index (χ4n) is 3.04. The van der Waals surface area contributed by atoms with Gasteiger partial charge in [-0.1, -0.05) is 11.6 Å². The molecule has 0 amide bonds. The Hall–Kier alpha value is -3.10. The average Bonchev–Trinajstić information content (AvgIpc) is 3.16. The van der Waals surface area contributed by atoms with E-state index in [4.69, 9.17) is 20.2 Å². The van der Waals surface area contributed by atoms with E-state index in [2.05, 4.69) is 4.98 Å². The van der Waals surface area contributed by atoms with Crippen molar-refractivity contribution in [1.29, 1.82) is 0 Å². The first-order valence-corrected chi connectivity index (χ1v) is 10.7. The van der Waals surface area contributed by atoms with Crippen LogP contribution in [-0.2, 0) is 10.1 Å². The number of hydrogen-bond donors (Lipinski definition) is 0. The monoisotopic (exact) mass is 430 g/mol. The number of aryl methyl sites for hydroxylation is 1. The largest absolute Gasteiger partial charge is 0.464 e. The Morgan fingerprint density at radius 1 is 1.10 bits per heavy atom. The quantitative estimate of drug-likeness (QED) is 0.455. The van der Waals surface area contributed by atoms with Crippen LogP contribution in [0.1, 0.15) is 5.69 Å². The zero-order chi connectivity index (χ0) is 20.8. The summed E-state index contributed by atoms with van der Waals surface area (Å²) >= 11 is 5.99. The van der Waals surface area contributed by atoms with E-state index in [1.165, 1.54) is 10.8 Å². The first kappa shape index (κ1) is 19.2. The van der Waals surface area contributed by atoms with Gasteiger partial charge >= 0.3 is 10.1 Å². The van der Waals surface area contributed by atoms with Gasteiger partial charge in [0.25, 0.3) is 5.56 Å². The average molecular weight is 431 g/mol. The molecule has 3 heterocycles. The second kappa shape index (κ2) is 7.06. The normalized spacial score (nSPS) is 11.7. The molecule has 0 fully saturated rings. The molecule has 29 heavy (non-hydrogen) atoms. The minimum Gasteiger partial charge on any atom is -0.464 e. The molecule has 0 atom stereocenters. The van der Waals surface area contributed by atoms with E-state index in [-0.39, 0.29) is 22.7 Å². The van der Waals surface area contributed by atoms with Crippen molar-refractivity contribution in [3.05, 3.63) is 75.9 Å². The van der Waals surface area contributed by atoms with Crippen LogP contribution in [0.2, 0.25) is 5.02 Å². The Morgan fingerprint density at radius 3 is 2.45 bits per heavy atom. The van der Waals surface area contributed by atoms with Gasteiger partial charge in [-0.05, 0) is 55.5 Å². The Balaban J connectivity index is 2.20. The molecule has 4 aromatic rings. The molecule has 3 aromatic heterocycles. The van der Waals surface area contributed by atoms with Crippen molar-refractivity contribution in [3.8, 4) is 22.8 Å². The van der Waals surface area contributed by atoms with Crippen molar-refractivity contribution in [2.75, 3.05) is 6.26 Å². The molecule has 7 nitrogen and oxygen atoms in total. The third-order valence-corrected chi connectivity index (χ3v) is 4.92. The molecule has 0 spiro atoms. The van der Waals surface area contributed by atoms with E-state index in [9.17, 15) is 13.2 Å². The van der Waals surface area contributed by atoms with Gasteiger partial charge in [0.1, 0.15) is 11.3 Å². The van der Waals surface area contributed by atoms with E-state index < -0.39 is 15.7 Å². The molecule has 0 radical (unpaired) electrons. The molecule has 0 aliphatic rings. The standard InChI is InChI=1S/C20H15ClN2O5S/c1-12-5-10-15-18(28-29(2,25)26)17(16-4-3-11-27-16)20(24)23(19(15)22-12)14-8-6-13(21)7-9-14/h3-11H,1-2H3. The summed E-state index contributed by atoms with van der Waals surface area (Å²) in [6, 6.07) is 13.2. The van der Waals surface area contributed by atoms with Gasteiger partial charge in [0.2, 0.25) is 0 Å². The number of aromatic nitrogens is 2. The van der Waals surface area contributed by atoms with Crippen LogP contribution < -0.4 is 9.74 Å². The molecule has 0 bridgehead atoms. The number of furan rings is 1. The number of hydrogen-bond acceptors (Lipinski definition) is 6. The number of nitrogens with zero attached hydrogens (tertiary/aromatic N) is 2. The maximum absolute atomic E-state index is 13.5. The highest BCUT2D eigenvalue weighted by atomic mass is 35.5. The summed E-state index contributed by atoms with van der Waals surface area (Å²) in [6.07, 6.45) is 2.31. The van der Waals surface area contributed by atoms with E-state index in [0.29, 0.717) is 21.8 Å². The van der Waals surface area contributed by atoms with E-state index >= 15 is 0 Å². The van der Waals surface area contributed by atoms with Gasteiger partial charge < -0.3 is 8.60 Å². The smallest absolute Gasteiger partial charge is 0.306 e. The van der Waals surface area contributed by atoms with Gasteiger partial charge in [0, 0.05) is 10.7 Å². The maximum Gasteiger partial charge on any atom is 0.306 e. The molecule has 0 saturated carbocycles. The van der Waals surface area contributed by atoms with Crippen LogP contribution in [0.15, 0.2) is 64.0 Å². The van der Waals surface area contributed by atoms with Crippen LogP contribution in [0.4, 0.5) is 0 Å². The molecule has 9 heteroatoms. The highest BCUT2D eigenvalue weighted by molar-refractivity contribution is 7.86. The predicted molar refractivity (Wildman–Crippen MR) is 110 cm³/mol. The van der Waals surface area contributed by atoms with Crippen LogP contribution in [-0.4, -0.2) is 24.2 Å². The van der Waals surface area contributed by atoms with Crippen molar-refractivity contribution < 1.29 is 17.0 Å². The van der Waals surface area contributed by atoms with E-state index in [1.54, 1.807) is 55.5 Å². The molecule has 0 unspecified atom stereocenters. The number of fused-ring (bicyclic) bond motifs is 1. The number of benzene rings is 1. The lowest BCUT2D eigenvalue weighted by Gasteiger charge is -2.16. The Morgan fingerprint density at radius 2 is 1.83 bits per heavy atom. The first-order chi connectivity index (χ1) is 13.7. The van der Waals surface area contributed by atoms with E-state index in [0.717, 1.165) is 6.26 Å². The Labute approximate surface area is 171 Å². The zero-order valence-electron chi connectivity index (χ0n) is 15.4. The molecular weight excluding hydrogens is 416 g/mol. The fraction of sp³-hybridized carbons (Fsp3) is 0.100. The van der Waals surface area contributed by atoms with Gasteiger partial charge in [-0.25, -0.2) is 4.98 Å². The number of halogens is 1. The minimum atomic E-state index is -3.93. The predicted octanol–water partition coefficient (Wildman–Crippen LogP) is 3.95. The molecule has 148 valence electrons. The van der Waals surface area contributed by atoms with Crippen LogP contribution >= 0.6 is 11.6 Å². The lowest BCUT2D eigenvalue weighted by molar-refractivity contribution is 0.494. The highest BCUT2D eigenvalue weighted by Gasteiger charge is 2.25. The lowest BCUT2D eigenvalue weighted by Crippen LogP contribution is -2.23. The molecule has 0 saturated heterocycles. The zero-order valence-corrected chi connectivity index (χ0v) is 17.0. The van der Waals surface area contributed by atoms with Gasteiger partial charge in [0.15, 0.2) is 11.4 Å². The van der Waals surface area contributed by atoms with Crippen molar-refractivity contribution in [2.45, 2.75) is 6.92 Å². The summed E-state index contributed by atoms with van der Waals surface area (Å²) in [7, 11) is -3.93. The minimum absolute atomic E-state index is 0.0199. The third kappa shape index (κ3) is 3.64. The molecule has 4 rings (SSSR count). The van der Waals surface area contributed by atoms with Crippen molar-refractivity contribution in [1.82, 2.24) is 9.55 Å². The molecular formula is C20H15ClN2O5S. The van der Waals surface area contributed by atoms with Gasteiger partial charge in [0.05, 0.1) is 23.6 Å².